The molecular formula is C26H36N2O5. The van der Waals surface area contributed by atoms with Crippen LogP contribution in [0.4, 0.5) is 10.5 Å². The predicted molar refractivity (Wildman–Crippen MR) is 130 cm³/mol. The molecule has 7 heteroatoms. The van der Waals surface area contributed by atoms with Gasteiger partial charge in [0.25, 0.3) is 0 Å². The molecule has 0 saturated heterocycles. The molecule has 0 bridgehead atoms. The van der Waals surface area contributed by atoms with Gasteiger partial charge in [0.1, 0.15) is 5.60 Å². The van der Waals surface area contributed by atoms with E-state index in [0.29, 0.717) is 6.42 Å². The average Bonchev–Trinajstić information content (AvgIpc) is 2.71. The molecule has 2 aromatic carbocycles. The Morgan fingerprint density at radius 3 is 2.30 bits per heavy atom. The third kappa shape index (κ3) is 9.53. The molecule has 0 aliphatic rings. The van der Waals surface area contributed by atoms with Crippen LogP contribution in [0.25, 0.3) is 0 Å². The molecular weight excluding hydrogens is 420 g/mol. The summed E-state index contributed by atoms with van der Waals surface area (Å²) in [5.74, 6) is -0.989. The van der Waals surface area contributed by atoms with Crippen LogP contribution in [0.15, 0.2) is 48.5 Å². The quantitative estimate of drug-likeness (QED) is 0.427. The fraction of sp³-hybridized carbons (Fsp3) is 0.462. The van der Waals surface area contributed by atoms with Crippen molar-refractivity contribution in [3.8, 4) is 0 Å². The predicted octanol–water partition coefficient (Wildman–Crippen LogP) is 5.25. The molecule has 1 atom stereocenters. The fourth-order valence-electron chi connectivity index (χ4n) is 3.39. The highest BCUT2D eigenvalue weighted by Gasteiger charge is 2.30. The zero-order valence-electron chi connectivity index (χ0n) is 20.2. The third-order valence-corrected chi connectivity index (χ3v) is 4.75. The molecule has 0 spiro atoms. The number of carbonyl (C=O) groups is 2. The number of carbonyl (C=O) groups excluding carboxylic acids is 1. The lowest BCUT2D eigenvalue weighted by molar-refractivity contribution is 0.0286. The smallest absolute Gasteiger partial charge is 0.408 e. The summed E-state index contributed by atoms with van der Waals surface area (Å²) in [5, 5.41) is 15.6. The van der Waals surface area contributed by atoms with Gasteiger partial charge in [0.15, 0.2) is 0 Å². The number of amides is 1. The van der Waals surface area contributed by atoms with Crippen molar-refractivity contribution in [1.29, 1.82) is 0 Å². The first-order chi connectivity index (χ1) is 15.5. The highest BCUT2D eigenvalue weighted by atomic mass is 16.6. The molecule has 1 amide bonds. The van der Waals surface area contributed by atoms with Gasteiger partial charge in [-0.15, -0.1) is 0 Å². The molecule has 0 saturated carbocycles. The molecule has 2 aromatic rings. The summed E-state index contributed by atoms with van der Waals surface area (Å²) < 4.78 is 11.4. The number of ether oxygens (including phenoxy) is 2. The van der Waals surface area contributed by atoms with E-state index in [1.165, 1.54) is 0 Å². The van der Waals surface area contributed by atoms with Gasteiger partial charge in [0.05, 0.1) is 24.3 Å². The second-order valence-corrected chi connectivity index (χ2v) is 9.49. The lowest BCUT2D eigenvalue weighted by Crippen LogP contribution is -2.52. The second kappa shape index (κ2) is 11.7. The van der Waals surface area contributed by atoms with Crippen LogP contribution in [0.1, 0.15) is 62.5 Å². The number of carboxylic acid groups (broad SMARTS) is 1. The van der Waals surface area contributed by atoms with Gasteiger partial charge < -0.3 is 25.2 Å². The number of alkyl carbamates (subject to hydrolysis) is 1. The van der Waals surface area contributed by atoms with Crippen LogP contribution < -0.4 is 10.6 Å². The molecule has 1 unspecified atom stereocenters. The van der Waals surface area contributed by atoms with Crippen molar-refractivity contribution >= 4 is 17.7 Å². The zero-order valence-corrected chi connectivity index (χ0v) is 20.2. The zero-order chi connectivity index (χ0) is 24.5. The number of nitrogens with one attached hydrogen (secondary N) is 2. The van der Waals surface area contributed by atoms with Crippen molar-refractivity contribution in [2.75, 3.05) is 18.5 Å². The Hall–Kier alpha value is -3.06. The summed E-state index contributed by atoms with van der Waals surface area (Å²) in [6, 6.07) is 14.9. The van der Waals surface area contributed by atoms with Crippen molar-refractivity contribution in [2.24, 2.45) is 0 Å². The number of hydrogen-bond acceptors (Lipinski definition) is 5. The van der Waals surface area contributed by atoms with Gasteiger partial charge in [-0.25, -0.2) is 9.59 Å². The Labute approximate surface area is 196 Å². The van der Waals surface area contributed by atoms with Crippen LogP contribution in [0.5, 0.6) is 0 Å². The lowest BCUT2D eigenvalue weighted by Gasteiger charge is -2.32. The van der Waals surface area contributed by atoms with E-state index in [1.54, 1.807) is 12.1 Å². The maximum absolute atomic E-state index is 12.5. The summed E-state index contributed by atoms with van der Waals surface area (Å²) in [6.45, 7) is 10.6. The van der Waals surface area contributed by atoms with Gasteiger partial charge in [-0.2, -0.15) is 0 Å². The number of benzene rings is 2. The van der Waals surface area contributed by atoms with Crippen molar-refractivity contribution in [3.05, 3.63) is 65.2 Å². The summed E-state index contributed by atoms with van der Waals surface area (Å²) in [7, 11) is 0. The molecule has 0 radical (unpaired) electrons. The molecule has 2 rings (SSSR count). The first kappa shape index (κ1) is 26.2. The molecule has 0 aliphatic carbocycles. The Bertz CT molecular complexity index is 924. The van der Waals surface area contributed by atoms with E-state index in [4.69, 9.17) is 9.47 Å². The minimum absolute atomic E-state index is 0.202. The second-order valence-electron chi connectivity index (χ2n) is 9.49. The molecule has 33 heavy (non-hydrogen) atoms. The Kier molecular flexibility index (Phi) is 9.29. The van der Waals surface area contributed by atoms with Gasteiger partial charge in [-0.05, 0) is 69.9 Å². The Balaban J connectivity index is 2.13. The van der Waals surface area contributed by atoms with E-state index >= 15 is 0 Å². The van der Waals surface area contributed by atoms with Gasteiger partial charge in [0.2, 0.25) is 0 Å². The van der Waals surface area contributed by atoms with E-state index in [-0.39, 0.29) is 18.8 Å². The highest BCUT2D eigenvalue weighted by molar-refractivity contribution is 5.89. The van der Waals surface area contributed by atoms with Crippen molar-refractivity contribution in [2.45, 2.75) is 65.2 Å². The minimum Gasteiger partial charge on any atom is -0.478 e. The number of anilines is 1. The van der Waals surface area contributed by atoms with Crippen LogP contribution in [0.3, 0.4) is 0 Å². The minimum atomic E-state index is -0.989. The van der Waals surface area contributed by atoms with Gasteiger partial charge in [-0.1, -0.05) is 37.3 Å². The number of carboxylic acids is 1. The first-order valence-corrected chi connectivity index (χ1v) is 11.2. The summed E-state index contributed by atoms with van der Waals surface area (Å²) >= 11 is 0. The SMILES string of the molecule is CCCNc1cc(COCC(C)(Cc2ccccc2)NC(=O)OC(C)(C)C)cc(C(=O)O)c1. The van der Waals surface area contributed by atoms with Crippen molar-refractivity contribution < 1.29 is 24.2 Å². The first-order valence-electron chi connectivity index (χ1n) is 11.2. The lowest BCUT2D eigenvalue weighted by atomic mass is 9.93. The van der Waals surface area contributed by atoms with Gasteiger partial charge >= 0.3 is 12.1 Å². The molecule has 180 valence electrons. The standard InChI is InChI=1S/C26H36N2O5/c1-6-12-27-22-14-20(13-21(15-22)23(29)30)17-32-18-26(5,16-19-10-8-7-9-11-19)28-24(31)33-25(2,3)4/h7-11,13-15,27H,6,12,16-18H2,1-5H3,(H,28,31)(H,29,30). The maximum atomic E-state index is 12.5. The van der Waals surface area contributed by atoms with E-state index < -0.39 is 23.2 Å². The summed E-state index contributed by atoms with van der Waals surface area (Å²) in [6.07, 6.45) is 0.964. The largest absolute Gasteiger partial charge is 0.478 e. The average molecular weight is 457 g/mol. The van der Waals surface area contributed by atoms with Gasteiger partial charge in [-0.3, -0.25) is 0 Å². The van der Waals surface area contributed by atoms with Crippen LogP contribution in [0.2, 0.25) is 0 Å². The molecule has 3 N–H and O–H groups in total. The molecule has 0 aliphatic heterocycles. The van der Waals surface area contributed by atoms with Crippen molar-refractivity contribution in [3.63, 3.8) is 0 Å². The third-order valence-electron chi connectivity index (χ3n) is 4.75. The maximum Gasteiger partial charge on any atom is 0.408 e. The van der Waals surface area contributed by atoms with Crippen molar-refractivity contribution in [1.82, 2.24) is 5.32 Å². The monoisotopic (exact) mass is 456 g/mol. The number of aromatic carboxylic acids is 1. The van der Waals surface area contributed by atoms with E-state index in [1.807, 2.05) is 71.0 Å². The molecule has 0 fully saturated rings. The fourth-order valence-corrected chi connectivity index (χ4v) is 3.39. The van der Waals surface area contributed by atoms with E-state index in [9.17, 15) is 14.7 Å². The van der Waals surface area contributed by atoms with Crippen LogP contribution in [-0.2, 0) is 22.5 Å². The van der Waals surface area contributed by atoms with Crippen LogP contribution in [-0.4, -0.2) is 41.5 Å². The number of rotatable bonds is 11. The Morgan fingerprint density at radius 2 is 1.70 bits per heavy atom. The molecule has 0 aromatic heterocycles. The van der Waals surface area contributed by atoms with E-state index in [2.05, 4.69) is 10.6 Å². The summed E-state index contributed by atoms with van der Waals surface area (Å²) in [5.41, 5.74) is 1.41. The topological polar surface area (TPSA) is 96.9 Å². The van der Waals surface area contributed by atoms with E-state index in [0.717, 1.165) is 29.8 Å². The normalized spacial score (nSPS) is 13.1. The molecule has 0 heterocycles. The number of hydrogen-bond donors (Lipinski definition) is 3. The van der Waals surface area contributed by atoms with Gasteiger partial charge in [0, 0.05) is 12.2 Å². The van der Waals surface area contributed by atoms with Crippen LogP contribution in [0, 0.1) is 0 Å². The Morgan fingerprint density at radius 1 is 1.00 bits per heavy atom. The summed E-state index contributed by atoms with van der Waals surface area (Å²) in [4.78, 5) is 24.0. The molecule has 7 nitrogen and oxygen atoms in total. The highest BCUT2D eigenvalue weighted by Crippen LogP contribution is 2.19. The van der Waals surface area contributed by atoms with Crippen LogP contribution >= 0.6 is 0 Å².